The smallest absolute Gasteiger partial charge is 0.227 e. The van der Waals surface area contributed by atoms with Crippen LogP contribution in [0.25, 0.3) is 0 Å². The summed E-state index contributed by atoms with van der Waals surface area (Å²) in [6, 6.07) is 8.83. The summed E-state index contributed by atoms with van der Waals surface area (Å²) in [6.07, 6.45) is 0.558. The molecule has 0 spiro atoms. The number of likely N-dealkylation sites (tertiary alicyclic amines) is 2. The maximum Gasteiger partial charge on any atom is 0.227 e. The van der Waals surface area contributed by atoms with Crippen LogP contribution in [0.4, 0.5) is 13.2 Å². The molecule has 178 valence electrons. The predicted octanol–water partition coefficient (Wildman–Crippen LogP) is 4.28. The summed E-state index contributed by atoms with van der Waals surface area (Å²) < 4.78 is 42.1. The van der Waals surface area contributed by atoms with Crippen LogP contribution in [0.1, 0.15) is 44.2 Å². The van der Waals surface area contributed by atoms with Gasteiger partial charge in [-0.05, 0) is 55.1 Å². The van der Waals surface area contributed by atoms with E-state index in [1.807, 2.05) is 13.8 Å². The summed E-state index contributed by atoms with van der Waals surface area (Å²) in [5.74, 6) is -3.00. The van der Waals surface area contributed by atoms with Crippen LogP contribution in [-0.2, 0) is 10.4 Å². The Labute approximate surface area is 193 Å². The molecule has 2 aliphatic heterocycles. The van der Waals surface area contributed by atoms with Crippen LogP contribution in [0.15, 0.2) is 42.5 Å². The molecule has 2 aromatic carbocycles. The predicted molar refractivity (Wildman–Crippen MR) is 120 cm³/mol. The van der Waals surface area contributed by atoms with Crippen molar-refractivity contribution in [1.82, 2.24) is 9.80 Å². The molecule has 0 bridgehead atoms. The molecule has 0 unspecified atom stereocenters. The van der Waals surface area contributed by atoms with Gasteiger partial charge in [-0.2, -0.15) is 0 Å². The van der Waals surface area contributed by atoms with Crippen molar-refractivity contribution in [3.8, 4) is 0 Å². The van der Waals surface area contributed by atoms with E-state index >= 15 is 0 Å². The standard InChI is InChI=1S/C26H31F3N2O2/c1-4-30-14-22(21-9-8-20(28)13-24(21)29)23(15-30)25(32)31-11-10-16(2)26(33,17(31)3)18-6-5-7-19(27)12-18/h5-9,12-13,16-17,22-23,33H,4,10-11,14-15H2,1-3H3/t16-,17-,22-,23+,26-/m0/s1. The van der Waals surface area contributed by atoms with Gasteiger partial charge in [0.05, 0.1) is 12.0 Å². The molecule has 0 aromatic heterocycles. The number of hydrogen-bond donors (Lipinski definition) is 1. The minimum absolute atomic E-state index is 0.158. The zero-order valence-corrected chi connectivity index (χ0v) is 19.3. The molecular weight excluding hydrogens is 429 g/mol. The van der Waals surface area contributed by atoms with Gasteiger partial charge in [0.1, 0.15) is 23.1 Å². The van der Waals surface area contributed by atoms with E-state index in [0.717, 1.165) is 6.07 Å². The van der Waals surface area contributed by atoms with E-state index in [1.165, 1.54) is 24.3 Å². The summed E-state index contributed by atoms with van der Waals surface area (Å²) in [6.45, 7) is 7.82. The van der Waals surface area contributed by atoms with Gasteiger partial charge in [0.2, 0.25) is 5.91 Å². The first kappa shape index (κ1) is 23.8. The van der Waals surface area contributed by atoms with E-state index in [-0.39, 0.29) is 11.8 Å². The Hall–Kier alpha value is -2.38. The zero-order chi connectivity index (χ0) is 23.9. The molecule has 5 atom stereocenters. The van der Waals surface area contributed by atoms with E-state index < -0.39 is 40.9 Å². The first-order chi connectivity index (χ1) is 15.7. The number of aliphatic hydroxyl groups is 1. The molecule has 1 N–H and O–H groups in total. The second kappa shape index (κ2) is 9.11. The lowest BCUT2D eigenvalue weighted by atomic mass is 9.72. The van der Waals surface area contributed by atoms with E-state index in [4.69, 9.17) is 0 Å². The summed E-state index contributed by atoms with van der Waals surface area (Å²) in [7, 11) is 0. The van der Waals surface area contributed by atoms with Crippen molar-refractivity contribution in [1.29, 1.82) is 0 Å². The third-order valence-corrected chi connectivity index (χ3v) is 7.75. The Balaban J connectivity index is 1.66. The Morgan fingerprint density at radius 1 is 1.09 bits per heavy atom. The molecule has 0 radical (unpaired) electrons. The Kier molecular flexibility index (Phi) is 6.56. The van der Waals surface area contributed by atoms with Crippen molar-refractivity contribution < 1.29 is 23.1 Å². The second-order valence-electron chi connectivity index (χ2n) is 9.46. The van der Waals surface area contributed by atoms with Crippen LogP contribution in [0.5, 0.6) is 0 Å². The monoisotopic (exact) mass is 460 g/mol. The van der Waals surface area contributed by atoms with Gasteiger partial charge in [-0.15, -0.1) is 0 Å². The minimum atomic E-state index is -1.41. The number of hydrogen-bond acceptors (Lipinski definition) is 3. The zero-order valence-electron chi connectivity index (χ0n) is 19.3. The number of halogens is 3. The molecule has 2 heterocycles. The van der Waals surface area contributed by atoms with Crippen LogP contribution in [-0.4, -0.2) is 53.0 Å². The Morgan fingerprint density at radius 3 is 2.48 bits per heavy atom. The quantitative estimate of drug-likeness (QED) is 0.741. The highest BCUT2D eigenvalue weighted by Crippen LogP contribution is 2.43. The number of carbonyl (C=O) groups is 1. The van der Waals surface area contributed by atoms with E-state index in [9.17, 15) is 23.1 Å². The molecule has 2 fully saturated rings. The van der Waals surface area contributed by atoms with Gasteiger partial charge in [-0.3, -0.25) is 4.79 Å². The van der Waals surface area contributed by atoms with Gasteiger partial charge >= 0.3 is 0 Å². The van der Waals surface area contributed by atoms with Crippen LogP contribution in [0.3, 0.4) is 0 Å². The first-order valence-electron chi connectivity index (χ1n) is 11.6. The number of benzene rings is 2. The lowest BCUT2D eigenvalue weighted by molar-refractivity contribution is -0.159. The fourth-order valence-corrected chi connectivity index (χ4v) is 5.68. The minimum Gasteiger partial charge on any atom is -0.383 e. The Morgan fingerprint density at radius 2 is 1.82 bits per heavy atom. The lowest BCUT2D eigenvalue weighted by Crippen LogP contribution is -2.60. The van der Waals surface area contributed by atoms with Crippen molar-refractivity contribution in [3.63, 3.8) is 0 Å². The summed E-state index contributed by atoms with van der Waals surface area (Å²) >= 11 is 0. The third kappa shape index (κ3) is 4.17. The van der Waals surface area contributed by atoms with E-state index in [1.54, 1.807) is 24.0 Å². The largest absolute Gasteiger partial charge is 0.383 e. The van der Waals surface area contributed by atoms with E-state index in [2.05, 4.69) is 4.90 Å². The first-order valence-corrected chi connectivity index (χ1v) is 11.6. The molecule has 4 rings (SSSR count). The number of amides is 1. The molecular formula is C26H31F3N2O2. The third-order valence-electron chi connectivity index (χ3n) is 7.75. The van der Waals surface area contributed by atoms with Gasteiger partial charge in [-0.25, -0.2) is 13.2 Å². The van der Waals surface area contributed by atoms with Crippen molar-refractivity contribution in [2.45, 2.75) is 44.8 Å². The molecule has 2 aliphatic rings. The van der Waals surface area contributed by atoms with Gasteiger partial charge in [0.15, 0.2) is 0 Å². The number of carbonyl (C=O) groups excluding carboxylic acids is 1. The molecule has 7 heteroatoms. The fourth-order valence-electron chi connectivity index (χ4n) is 5.68. The molecule has 2 saturated heterocycles. The maximum atomic E-state index is 14.7. The molecule has 4 nitrogen and oxygen atoms in total. The number of rotatable bonds is 4. The van der Waals surface area contributed by atoms with Crippen molar-refractivity contribution in [3.05, 3.63) is 71.0 Å². The van der Waals surface area contributed by atoms with Gasteiger partial charge in [0, 0.05) is 31.6 Å². The summed E-state index contributed by atoms with van der Waals surface area (Å²) in [5.41, 5.74) is -0.623. The van der Waals surface area contributed by atoms with Crippen molar-refractivity contribution >= 4 is 5.91 Å². The van der Waals surface area contributed by atoms with E-state index in [0.29, 0.717) is 43.7 Å². The van der Waals surface area contributed by atoms with Crippen LogP contribution < -0.4 is 0 Å². The molecule has 1 amide bonds. The van der Waals surface area contributed by atoms with Crippen LogP contribution in [0.2, 0.25) is 0 Å². The number of likely N-dealkylation sites (N-methyl/N-ethyl adjacent to an activating group) is 1. The van der Waals surface area contributed by atoms with Crippen LogP contribution in [0, 0.1) is 29.3 Å². The summed E-state index contributed by atoms with van der Waals surface area (Å²) in [5, 5.41) is 11.7. The van der Waals surface area contributed by atoms with Crippen molar-refractivity contribution in [2.24, 2.45) is 11.8 Å². The summed E-state index contributed by atoms with van der Waals surface area (Å²) in [4.78, 5) is 17.6. The normalized spacial score (nSPS) is 30.6. The molecule has 0 aliphatic carbocycles. The topological polar surface area (TPSA) is 43.8 Å². The second-order valence-corrected chi connectivity index (χ2v) is 9.46. The average molecular weight is 461 g/mol. The average Bonchev–Trinajstić information content (AvgIpc) is 3.21. The maximum absolute atomic E-state index is 14.7. The fraction of sp³-hybridized carbons (Fsp3) is 0.500. The molecule has 2 aromatic rings. The SMILES string of the molecule is CCN1C[C@@H](C(=O)N2CC[C@H](C)[C@@](O)(c3cccc(F)c3)[C@@H]2C)[C@H](c2ccc(F)cc2F)C1. The highest BCUT2D eigenvalue weighted by atomic mass is 19.1. The number of piperidine rings is 1. The highest BCUT2D eigenvalue weighted by molar-refractivity contribution is 5.81. The number of nitrogens with zero attached hydrogens (tertiary/aromatic N) is 2. The Bertz CT molecular complexity index is 1030. The van der Waals surface area contributed by atoms with Gasteiger partial charge in [0.25, 0.3) is 0 Å². The molecule has 33 heavy (non-hydrogen) atoms. The van der Waals surface area contributed by atoms with Crippen LogP contribution >= 0.6 is 0 Å². The van der Waals surface area contributed by atoms with Gasteiger partial charge < -0.3 is 14.9 Å². The highest BCUT2D eigenvalue weighted by Gasteiger charge is 2.51. The van der Waals surface area contributed by atoms with Gasteiger partial charge in [-0.1, -0.05) is 32.0 Å². The molecule has 0 saturated carbocycles. The van der Waals surface area contributed by atoms with Crippen molar-refractivity contribution in [2.75, 3.05) is 26.2 Å². The lowest BCUT2D eigenvalue weighted by Gasteiger charge is -2.50.